The van der Waals surface area contributed by atoms with Crippen molar-refractivity contribution in [2.75, 3.05) is 46.5 Å². The molecular weight excluding hydrogens is 274 g/mol. The van der Waals surface area contributed by atoms with Crippen molar-refractivity contribution in [3.05, 3.63) is 15.6 Å². The standard InChI is InChI=1S/C14H25N3O2S/c1-3-15-10-13-12(11-18-2)16-14(20-13)4-5-17-6-8-19-9-7-17/h15H,3-11H2,1-2H3. The van der Waals surface area contributed by atoms with Gasteiger partial charge in [0.1, 0.15) is 0 Å². The Hall–Kier alpha value is -0.530. The molecule has 1 fully saturated rings. The minimum Gasteiger partial charge on any atom is -0.379 e. The lowest BCUT2D eigenvalue weighted by Gasteiger charge is -2.25. The Morgan fingerprint density at radius 2 is 2.20 bits per heavy atom. The highest BCUT2D eigenvalue weighted by atomic mass is 32.1. The summed E-state index contributed by atoms with van der Waals surface area (Å²) in [7, 11) is 1.73. The zero-order chi connectivity index (χ0) is 14.2. The van der Waals surface area contributed by atoms with Gasteiger partial charge in [0.15, 0.2) is 0 Å². The summed E-state index contributed by atoms with van der Waals surface area (Å²) in [4.78, 5) is 8.49. The van der Waals surface area contributed by atoms with Gasteiger partial charge in [-0.25, -0.2) is 4.98 Å². The van der Waals surface area contributed by atoms with E-state index in [9.17, 15) is 0 Å². The summed E-state index contributed by atoms with van der Waals surface area (Å²) in [6, 6.07) is 0. The maximum Gasteiger partial charge on any atom is 0.0945 e. The highest BCUT2D eigenvalue weighted by molar-refractivity contribution is 7.11. The van der Waals surface area contributed by atoms with Crippen molar-refractivity contribution < 1.29 is 9.47 Å². The molecule has 0 saturated carbocycles. The van der Waals surface area contributed by atoms with E-state index in [0.717, 1.165) is 58.1 Å². The summed E-state index contributed by atoms with van der Waals surface area (Å²) in [6.45, 7) is 9.48. The number of hydrogen-bond donors (Lipinski definition) is 1. The zero-order valence-corrected chi connectivity index (χ0v) is 13.3. The van der Waals surface area contributed by atoms with Crippen LogP contribution in [0.2, 0.25) is 0 Å². The summed E-state index contributed by atoms with van der Waals surface area (Å²) < 4.78 is 10.6. The van der Waals surface area contributed by atoms with Crippen molar-refractivity contribution in [1.82, 2.24) is 15.2 Å². The molecule has 0 bridgehead atoms. The van der Waals surface area contributed by atoms with E-state index >= 15 is 0 Å². The fraction of sp³-hybridized carbons (Fsp3) is 0.786. The van der Waals surface area contributed by atoms with Crippen LogP contribution in [0.1, 0.15) is 22.5 Å². The van der Waals surface area contributed by atoms with E-state index < -0.39 is 0 Å². The van der Waals surface area contributed by atoms with Gasteiger partial charge in [0.25, 0.3) is 0 Å². The van der Waals surface area contributed by atoms with E-state index in [-0.39, 0.29) is 0 Å². The second kappa shape index (κ2) is 8.69. The van der Waals surface area contributed by atoms with Gasteiger partial charge in [-0.05, 0) is 6.54 Å². The van der Waals surface area contributed by atoms with Gasteiger partial charge < -0.3 is 14.8 Å². The van der Waals surface area contributed by atoms with E-state index in [4.69, 9.17) is 14.5 Å². The third kappa shape index (κ3) is 4.79. The molecule has 1 N–H and O–H groups in total. The van der Waals surface area contributed by atoms with E-state index in [1.165, 1.54) is 9.88 Å². The molecule has 0 atom stereocenters. The quantitative estimate of drug-likeness (QED) is 0.783. The molecule has 0 unspecified atom stereocenters. The van der Waals surface area contributed by atoms with Crippen molar-refractivity contribution in [3.8, 4) is 0 Å². The number of ether oxygens (including phenoxy) is 2. The number of nitrogens with zero attached hydrogens (tertiary/aromatic N) is 2. The molecule has 5 nitrogen and oxygen atoms in total. The molecule has 6 heteroatoms. The van der Waals surface area contributed by atoms with E-state index in [0.29, 0.717) is 6.61 Å². The topological polar surface area (TPSA) is 46.6 Å². The molecule has 1 aliphatic heterocycles. The van der Waals surface area contributed by atoms with Crippen LogP contribution < -0.4 is 5.32 Å². The molecule has 114 valence electrons. The molecule has 20 heavy (non-hydrogen) atoms. The minimum absolute atomic E-state index is 0.606. The Bertz CT molecular complexity index is 392. The molecule has 1 saturated heterocycles. The molecule has 0 spiro atoms. The Morgan fingerprint density at radius 1 is 1.40 bits per heavy atom. The molecule has 1 aliphatic rings. The molecule has 0 aliphatic carbocycles. The van der Waals surface area contributed by atoms with Crippen molar-refractivity contribution in [2.24, 2.45) is 0 Å². The van der Waals surface area contributed by atoms with Gasteiger partial charge in [-0.3, -0.25) is 4.90 Å². The van der Waals surface area contributed by atoms with Crippen LogP contribution in [-0.4, -0.2) is 56.4 Å². The van der Waals surface area contributed by atoms with Crippen LogP contribution in [0.3, 0.4) is 0 Å². The normalized spacial score (nSPS) is 16.7. The first kappa shape index (κ1) is 15.9. The number of rotatable bonds is 8. The average Bonchev–Trinajstić information content (AvgIpc) is 2.87. The first-order valence-electron chi connectivity index (χ1n) is 7.30. The summed E-state index contributed by atoms with van der Waals surface area (Å²) in [5.74, 6) is 0. The van der Waals surface area contributed by atoms with Gasteiger partial charge >= 0.3 is 0 Å². The average molecular weight is 299 g/mol. The fourth-order valence-electron chi connectivity index (χ4n) is 2.25. The molecule has 0 radical (unpaired) electrons. The molecule has 2 heterocycles. The van der Waals surface area contributed by atoms with Gasteiger partial charge in [0.2, 0.25) is 0 Å². The van der Waals surface area contributed by atoms with Crippen molar-refractivity contribution >= 4 is 11.3 Å². The number of methoxy groups -OCH3 is 1. The van der Waals surface area contributed by atoms with Crippen molar-refractivity contribution in [1.29, 1.82) is 0 Å². The van der Waals surface area contributed by atoms with Crippen LogP contribution in [0.15, 0.2) is 0 Å². The van der Waals surface area contributed by atoms with E-state index in [2.05, 4.69) is 17.1 Å². The smallest absolute Gasteiger partial charge is 0.0945 e. The third-order valence-corrected chi connectivity index (χ3v) is 4.54. The zero-order valence-electron chi connectivity index (χ0n) is 12.5. The summed E-state index contributed by atoms with van der Waals surface area (Å²) >= 11 is 1.82. The predicted octanol–water partition coefficient (Wildman–Crippen LogP) is 1.27. The van der Waals surface area contributed by atoms with Gasteiger partial charge in [0.05, 0.1) is 30.5 Å². The maximum atomic E-state index is 5.37. The highest BCUT2D eigenvalue weighted by Crippen LogP contribution is 2.20. The Morgan fingerprint density at radius 3 is 2.90 bits per heavy atom. The second-order valence-electron chi connectivity index (χ2n) is 4.89. The summed E-state index contributed by atoms with van der Waals surface area (Å²) in [5, 5.41) is 4.59. The second-order valence-corrected chi connectivity index (χ2v) is 6.06. The van der Waals surface area contributed by atoms with Crippen LogP contribution in [-0.2, 0) is 29.0 Å². The molecule has 0 amide bonds. The van der Waals surface area contributed by atoms with Crippen molar-refractivity contribution in [2.45, 2.75) is 26.5 Å². The number of aromatic nitrogens is 1. The number of thiazole rings is 1. The van der Waals surface area contributed by atoms with E-state index in [1.807, 2.05) is 11.3 Å². The fourth-order valence-corrected chi connectivity index (χ4v) is 3.28. The molecule has 1 aromatic rings. The number of nitrogens with one attached hydrogen (secondary N) is 1. The first-order valence-corrected chi connectivity index (χ1v) is 8.12. The Kier molecular flexibility index (Phi) is 6.89. The summed E-state index contributed by atoms with van der Waals surface area (Å²) in [6.07, 6.45) is 1.02. The van der Waals surface area contributed by atoms with Gasteiger partial charge in [-0.2, -0.15) is 0 Å². The molecule has 1 aromatic heterocycles. The van der Waals surface area contributed by atoms with Crippen LogP contribution >= 0.6 is 11.3 Å². The lowest BCUT2D eigenvalue weighted by atomic mass is 10.3. The first-order chi connectivity index (χ1) is 9.83. The molecule has 0 aromatic carbocycles. The van der Waals surface area contributed by atoms with Gasteiger partial charge in [0, 0.05) is 44.6 Å². The Balaban J connectivity index is 1.89. The van der Waals surface area contributed by atoms with Crippen LogP contribution in [0.5, 0.6) is 0 Å². The van der Waals surface area contributed by atoms with Crippen LogP contribution in [0.4, 0.5) is 0 Å². The largest absolute Gasteiger partial charge is 0.379 e. The number of morpholine rings is 1. The van der Waals surface area contributed by atoms with Gasteiger partial charge in [-0.1, -0.05) is 6.92 Å². The van der Waals surface area contributed by atoms with Crippen LogP contribution in [0.25, 0.3) is 0 Å². The predicted molar refractivity (Wildman–Crippen MR) is 81.2 cm³/mol. The summed E-state index contributed by atoms with van der Waals surface area (Å²) in [5.41, 5.74) is 1.09. The lowest BCUT2D eigenvalue weighted by molar-refractivity contribution is 0.0384. The monoisotopic (exact) mass is 299 g/mol. The molecular formula is C14H25N3O2S. The third-order valence-electron chi connectivity index (χ3n) is 3.38. The van der Waals surface area contributed by atoms with Crippen LogP contribution in [0, 0.1) is 0 Å². The highest BCUT2D eigenvalue weighted by Gasteiger charge is 2.14. The number of hydrogen-bond acceptors (Lipinski definition) is 6. The lowest BCUT2D eigenvalue weighted by Crippen LogP contribution is -2.37. The molecule has 2 rings (SSSR count). The van der Waals surface area contributed by atoms with Crippen molar-refractivity contribution in [3.63, 3.8) is 0 Å². The SMILES string of the molecule is CCNCc1sc(CCN2CCOCC2)nc1COC. The van der Waals surface area contributed by atoms with E-state index in [1.54, 1.807) is 7.11 Å². The Labute approximate surface area is 125 Å². The maximum absolute atomic E-state index is 5.37. The van der Waals surface area contributed by atoms with Gasteiger partial charge in [-0.15, -0.1) is 11.3 Å². The minimum atomic E-state index is 0.606.